The minimum Gasteiger partial charge on any atom is -0.368 e. The highest BCUT2D eigenvalue weighted by Gasteiger charge is 2.24. The van der Waals surface area contributed by atoms with E-state index in [0.717, 1.165) is 29.1 Å². The molecule has 0 amide bonds. The molecular weight excluding hydrogens is 258 g/mol. The predicted octanol–water partition coefficient (Wildman–Crippen LogP) is 1.80. The summed E-state index contributed by atoms with van der Waals surface area (Å²) >= 11 is 1.62. The van der Waals surface area contributed by atoms with Crippen LogP contribution in [-0.4, -0.2) is 48.1 Å². The lowest BCUT2D eigenvalue weighted by Gasteiger charge is -2.37. The van der Waals surface area contributed by atoms with Gasteiger partial charge in [-0.25, -0.2) is 4.98 Å². The zero-order valence-electron chi connectivity index (χ0n) is 11.3. The van der Waals surface area contributed by atoms with Crippen molar-refractivity contribution in [3.05, 3.63) is 11.4 Å². The number of fused-ring (bicyclic) bond motifs is 1. The zero-order valence-corrected chi connectivity index (χ0v) is 12.2. The molecule has 1 aliphatic heterocycles. The Balaban J connectivity index is 1.97. The van der Waals surface area contributed by atoms with Crippen molar-refractivity contribution in [3.8, 4) is 0 Å². The van der Waals surface area contributed by atoms with Crippen molar-refractivity contribution in [2.45, 2.75) is 18.9 Å². The molecule has 102 valence electrons. The SMILES string of the molecule is CN(C)C1CCCN(c2nc(N)nc3sccc23)C1. The molecule has 0 radical (unpaired) electrons. The van der Waals surface area contributed by atoms with Crippen molar-refractivity contribution in [1.82, 2.24) is 14.9 Å². The van der Waals surface area contributed by atoms with Gasteiger partial charge in [-0.2, -0.15) is 4.98 Å². The molecule has 5 nitrogen and oxygen atoms in total. The number of hydrogen-bond acceptors (Lipinski definition) is 6. The number of rotatable bonds is 2. The smallest absolute Gasteiger partial charge is 0.223 e. The van der Waals surface area contributed by atoms with Crippen molar-refractivity contribution >= 4 is 33.3 Å². The van der Waals surface area contributed by atoms with Gasteiger partial charge in [-0.3, -0.25) is 0 Å². The van der Waals surface area contributed by atoms with Crippen LogP contribution in [0.15, 0.2) is 11.4 Å². The molecular formula is C13H19N5S. The first kappa shape index (κ1) is 12.6. The Morgan fingerprint density at radius 2 is 2.26 bits per heavy atom. The van der Waals surface area contributed by atoms with Gasteiger partial charge in [0.1, 0.15) is 10.6 Å². The van der Waals surface area contributed by atoms with Gasteiger partial charge in [-0.15, -0.1) is 11.3 Å². The summed E-state index contributed by atoms with van der Waals surface area (Å²) in [5, 5.41) is 3.17. The molecule has 2 aromatic rings. The lowest BCUT2D eigenvalue weighted by molar-refractivity contribution is 0.257. The summed E-state index contributed by atoms with van der Waals surface area (Å²) in [7, 11) is 4.28. The fraction of sp³-hybridized carbons (Fsp3) is 0.538. The van der Waals surface area contributed by atoms with Gasteiger partial charge in [0.05, 0.1) is 5.39 Å². The van der Waals surface area contributed by atoms with Crippen LogP contribution in [0.25, 0.3) is 10.2 Å². The Labute approximate surface area is 117 Å². The van der Waals surface area contributed by atoms with E-state index in [-0.39, 0.29) is 0 Å². The normalized spacial score (nSPS) is 20.4. The van der Waals surface area contributed by atoms with E-state index < -0.39 is 0 Å². The van der Waals surface area contributed by atoms with Crippen LogP contribution in [0, 0.1) is 0 Å². The van der Waals surface area contributed by atoms with E-state index in [2.05, 4.69) is 45.3 Å². The molecule has 0 bridgehead atoms. The van der Waals surface area contributed by atoms with E-state index in [0.29, 0.717) is 12.0 Å². The number of nitrogens with zero attached hydrogens (tertiary/aromatic N) is 4. The van der Waals surface area contributed by atoms with Crippen LogP contribution < -0.4 is 10.6 Å². The molecule has 1 fully saturated rings. The average molecular weight is 277 g/mol. The maximum Gasteiger partial charge on any atom is 0.223 e. The zero-order chi connectivity index (χ0) is 13.4. The number of nitrogen functional groups attached to an aromatic ring is 1. The second-order valence-corrected chi connectivity index (χ2v) is 6.15. The topological polar surface area (TPSA) is 58.3 Å². The molecule has 1 aliphatic rings. The van der Waals surface area contributed by atoms with Crippen LogP contribution in [-0.2, 0) is 0 Å². The highest BCUT2D eigenvalue weighted by Crippen LogP contribution is 2.30. The minimum atomic E-state index is 0.372. The van der Waals surface area contributed by atoms with E-state index in [1.807, 2.05) is 0 Å². The van der Waals surface area contributed by atoms with Crippen LogP contribution in [0.2, 0.25) is 0 Å². The number of nitrogens with two attached hydrogens (primary N) is 1. The Bertz CT molecular complexity index is 579. The summed E-state index contributed by atoms with van der Waals surface area (Å²) in [6, 6.07) is 2.67. The summed E-state index contributed by atoms with van der Waals surface area (Å²) in [5.74, 6) is 1.37. The van der Waals surface area contributed by atoms with Crippen LogP contribution in [0.1, 0.15) is 12.8 Å². The number of hydrogen-bond donors (Lipinski definition) is 1. The molecule has 1 atom stereocenters. The number of likely N-dealkylation sites (N-methyl/N-ethyl adjacent to an activating group) is 1. The first-order chi connectivity index (χ1) is 9.15. The summed E-state index contributed by atoms with van der Waals surface area (Å²) < 4.78 is 0. The summed E-state index contributed by atoms with van der Waals surface area (Å²) in [4.78, 5) is 14.4. The van der Waals surface area contributed by atoms with Crippen molar-refractivity contribution in [2.75, 3.05) is 37.8 Å². The van der Waals surface area contributed by atoms with E-state index in [4.69, 9.17) is 5.73 Å². The number of aromatic nitrogens is 2. The fourth-order valence-corrected chi connectivity index (χ4v) is 3.43. The quantitative estimate of drug-likeness (QED) is 0.907. The highest BCUT2D eigenvalue weighted by atomic mass is 32.1. The largest absolute Gasteiger partial charge is 0.368 e. The Morgan fingerprint density at radius 1 is 1.42 bits per heavy atom. The van der Waals surface area contributed by atoms with Gasteiger partial charge in [0.2, 0.25) is 5.95 Å². The third-order valence-electron chi connectivity index (χ3n) is 3.75. The molecule has 1 saturated heterocycles. The Kier molecular flexibility index (Phi) is 3.28. The molecule has 0 saturated carbocycles. The van der Waals surface area contributed by atoms with Crippen molar-refractivity contribution in [1.29, 1.82) is 0 Å². The molecule has 0 spiro atoms. The standard InChI is InChI=1S/C13H19N5S/c1-17(2)9-4-3-6-18(8-9)11-10-5-7-19-12(10)16-13(14)15-11/h5,7,9H,3-4,6,8H2,1-2H3,(H2,14,15,16). The molecule has 0 aliphatic carbocycles. The number of thiophene rings is 1. The molecule has 19 heavy (non-hydrogen) atoms. The third-order valence-corrected chi connectivity index (χ3v) is 4.56. The molecule has 3 heterocycles. The minimum absolute atomic E-state index is 0.372. The van der Waals surface area contributed by atoms with Crippen molar-refractivity contribution < 1.29 is 0 Å². The van der Waals surface area contributed by atoms with Gasteiger partial charge in [0.15, 0.2) is 0 Å². The lowest BCUT2D eigenvalue weighted by atomic mass is 10.0. The number of anilines is 2. The molecule has 2 N–H and O–H groups in total. The van der Waals surface area contributed by atoms with Crippen LogP contribution in [0.5, 0.6) is 0 Å². The van der Waals surface area contributed by atoms with Gasteiger partial charge in [0, 0.05) is 19.1 Å². The molecule has 1 unspecified atom stereocenters. The molecule has 6 heteroatoms. The lowest BCUT2D eigenvalue weighted by Crippen LogP contribution is -2.45. The van der Waals surface area contributed by atoms with Crippen molar-refractivity contribution in [2.24, 2.45) is 0 Å². The summed E-state index contributed by atoms with van der Waals surface area (Å²) in [5.41, 5.74) is 5.83. The Hall–Kier alpha value is -1.40. The second-order valence-electron chi connectivity index (χ2n) is 5.25. The Morgan fingerprint density at radius 3 is 3.05 bits per heavy atom. The van der Waals surface area contributed by atoms with Gasteiger partial charge in [0.25, 0.3) is 0 Å². The van der Waals surface area contributed by atoms with Gasteiger partial charge >= 0.3 is 0 Å². The van der Waals surface area contributed by atoms with Gasteiger partial charge in [-0.05, 0) is 38.4 Å². The van der Waals surface area contributed by atoms with Crippen LogP contribution in [0.4, 0.5) is 11.8 Å². The summed E-state index contributed by atoms with van der Waals surface area (Å²) in [6.45, 7) is 2.06. The maximum absolute atomic E-state index is 5.83. The first-order valence-corrected chi connectivity index (χ1v) is 7.45. The van der Waals surface area contributed by atoms with E-state index >= 15 is 0 Å². The van der Waals surface area contributed by atoms with Crippen molar-refractivity contribution in [3.63, 3.8) is 0 Å². The monoisotopic (exact) mass is 277 g/mol. The van der Waals surface area contributed by atoms with Gasteiger partial charge < -0.3 is 15.5 Å². The van der Waals surface area contributed by atoms with E-state index in [1.54, 1.807) is 11.3 Å². The van der Waals surface area contributed by atoms with Crippen LogP contribution >= 0.6 is 11.3 Å². The van der Waals surface area contributed by atoms with E-state index in [9.17, 15) is 0 Å². The first-order valence-electron chi connectivity index (χ1n) is 6.57. The number of piperidine rings is 1. The molecule has 0 aromatic carbocycles. The van der Waals surface area contributed by atoms with E-state index in [1.165, 1.54) is 12.8 Å². The maximum atomic E-state index is 5.83. The van der Waals surface area contributed by atoms with Gasteiger partial charge in [-0.1, -0.05) is 0 Å². The molecule has 3 rings (SSSR count). The van der Waals surface area contributed by atoms with Crippen LogP contribution in [0.3, 0.4) is 0 Å². The highest BCUT2D eigenvalue weighted by molar-refractivity contribution is 7.16. The average Bonchev–Trinajstić information content (AvgIpc) is 2.85. The predicted molar refractivity (Wildman–Crippen MR) is 80.7 cm³/mol. The second kappa shape index (κ2) is 4.94. The third kappa shape index (κ3) is 2.37. The summed E-state index contributed by atoms with van der Waals surface area (Å²) in [6.07, 6.45) is 2.44. The molecule has 2 aromatic heterocycles. The fourth-order valence-electron chi connectivity index (χ4n) is 2.67.